The van der Waals surface area contributed by atoms with Gasteiger partial charge in [0.25, 0.3) is 0 Å². The monoisotopic (exact) mass is 221 g/mol. The maximum atomic E-state index is 11.8. The van der Waals surface area contributed by atoms with Crippen LogP contribution in [0.25, 0.3) is 0 Å². The maximum Gasteiger partial charge on any atom is 0.337 e. The molecule has 1 aromatic rings. The summed E-state index contributed by atoms with van der Waals surface area (Å²) in [6, 6.07) is 1.78. The van der Waals surface area contributed by atoms with Crippen molar-refractivity contribution < 1.29 is 9.53 Å². The SMILES string of the molecule is CCOC(=O)C1=C(C)Nc2ccnn2C1C. The van der Waals surface area contributed by atoms with Gasteiger partial charge in [0, 0.05) is 11.8 Å². The fraction of sp³-hybridized carbons (Fsp3) is 0.455. The zero-order valence-corrected chi connectivity index (χ0v) is 9.65. The number of rotatable bonds is 2. The lowest BCUT2D eigenvalue weighted by Gasteiger charge is -2.26. The molecule has 1 aromatic heterocycles. The second kappa shape index (κ2) is 4.00. The third-order valence-corrected chi connectivity index (χ3v) is 2.67. The second-order valence-corrected chi connectivity index (χ2v) is 3.72. The third-order valence-electron chi connectivity index (χ3n) is 2.67. The maximum absolute atomic E-state index is 11.8. The van der Waals surface area contributed by atoms with Crippen LogP contribution in [0.15, 0.2) is 23.5 Å². The molecule has 1 aliphatic heterocycles. The van der Waals surface area contributed by atoms with Crippen molar-refractivity contribution in [1.29, 1.82) is 0 Å². The zero-order valence-electron chi connectivity index (χ0n) is 9.65. The highest BCUT2D eigenvalue weighted by Crippen LogP contribution is 2.30. The molecule has 16 heavy (non-hydrogen) atoms. The molecule has 0 aliphatic carbocycles. The summed E-state index contributed by atoms with van der Waals surface area (Å²) in [5, 5.41) is 7.32. The summed E-state index contributed by atoms with van der Waals surface area (Å²) in [7, 11) is 0. The Bertz CT molecular complexity index is 448. The quantitative estimate of drug-likeness (QED) is 0.772. The minimum absolute atomic E-state index is 0.0923. The van der Waals surface area contributed by atoms with E-state index in [0.717, 1.165) is 11.5 Å². The highest BCUT2D eigenvalue weighted by atomic mass is 16.5. The van der Waals surface area contributed by atoms with Crippen LogP contribution in [0.5, 0.6) is 0 Å². The first-order valence-corrected chi connectivity index (χ1v) is 5.33. The van der Waals surface area contributed by atoms with E-state index in [4.69, 9.17) is 4.74 Å². The summed E-state index contributed by atoms with van der Waals surface area (Å²) >= 11 is 0. The first-order chi connectivity index (χ1) is 7.65. The standard InChI is InChI=1S/C11H15N3O2/c1-4-16-11(15)10-7(2)13-9-5-6-12-14(9)8(10)3/h5-6,8,13H,4H2,1-3H3. The van der Waals surface area contributed by atoms with Gasteiger partial charge in [0.15, 0.2) is 0 Å². The summed E-state index contributed by atoms with van der Waals surface area (Å²) in [5.74, 6) is 0.624. The van der Waals surface area contributed by atoms with E-state index in [1.54, 1.807) is 17.8 Å². The summed E-state index contributed by atoms with van der Waals surface area (Å²) in [4.78, 5) is 11.8. The number of nitrogens with zero attached hydrogens (tertiary/aromatic N) is 2. The molecule has 0 saturated carbocycles. The van der Waals surface area contributed by atoms with Crippen molar-refractivity contribution in [3.05, 3.63) is 23.5 Å². The van der Waals surface area contributed by atoms with Crippen molar-refractivity contribution in [3.8, 4) is 0 Å². The number of esters is 1. The highest BCUT2D eigenvalue weighted by molar-refractivity contribution is 5.91. The lowest BCUT2D eigenvalue weighted by Crippen LogP contribution is -2.26. The Morgan fingerprint density at radius 1 is 1.69 bits per heavy atom. The normalized spacial score (nSPS) is 19.1. The van der Waals surface area contributed by atoms with Crippen LogP contribution in [0.1, 0.15) is 26.8 Å². The molecule has 5 heteroatoms. The third kappa shape index (κ3) is 1.58. The number of hydrogen-bond acceptors (Lipinski definition) is 4. The number of anilines is 1. The van der Waals surface area contributed by atoms with Gasteiger partial charge in [0.05, 0.1) is 24.4 Å². The predicted octanol–water partition coefficient (Wildman–Crippen LogP) is 1.71. The van der Waals surface area contributed by atoms with Gasteiger partial charge in [-0.05, 0) is 20.8 Å². The smallest absolute Gasteiger partial charge is 0.337 e. The molecule has 2 rings (SSSR count). The molecule has 86 valence electrons. The number of fused-ring (bicyclic) bond motifs is 1. The average molecular weight is 221 g/mol. The molecule has 0 amide bonds. The number of nitrogens with one attached hydrogen (secondary N) is 1. The highest BCUT2D eigenvalue weighted by Gasteiger charge is 2.28. The van der Waals surface area contributed by atoms with Gasteiger partial charge in [-0.1, -0.05) is 0 Å². The van der Waals surface area contributed by atoms with Crippen LogP contribution in [0.2, 0.25) is 0 Å². The lowest BCUT2D eigenvalue weighted by molar-refractivity contribution is -0.139. The van der Waals surface area contributed by atoms with E-state index in [1.807, 2.05) is 19.9 Å². The Labute approximate surface area is 94.1 Å². The first kappa shape index (κ1) is 10.7. The Morgan fingerprint density at radius 2 is 2.44 bits per heavy atom. The molecule has 2 heterocycles. The Balaban J connectivity index is 2.35. The van der Waals surface area contributed by atoms with E-state index >= 15 is 0 Å². The summed E-state index contributed by atoms with van der Waals surface area (Å²) in [5.41, 5.74) is 1.47. The van der Waals surface area contributed by atoms with Gasteiger partial charge in [-0.2, -0.15) is 5.10 Å². The van der Waals surface area contributed by atoms with Gasteiger partial charge in [0.1, 0.15) is 5.82 Å². The van der Waals surface area contributed by atoms with Crippen molar-refractivity contribution in [2.24, 2.45) is 0 Å². The number of aromatic nitrogens is 2. The van der Waals surface area contributed by atoms with Crippen LogP contribution in [-0.4, -0.2) is 22.4 Å². The van der Waals surface area contributed by atoms with E-state index in [0.29, 0.717) is 12.2 Å². The van der Waals surface area contributed by atoms with Crippen LogP contribution >= 0.6 is 0 Å². The van der Waals surface area contributed by atoms with Crippen molar-refractivity contribution in [2.75, 3.05) is 11.9 Å². The van der Waals surface area contributed by atoms with Gasteiger partial charge in [-0.3, -0.25) is 0 Å². The van der Waals surface area contributed by atoms with Gasteiger partial charge < -0.3 is 10.1 Å². The predicted molar refractivity (Wildman–Crippen MR) is 59.9 cm³/mol. The summed E-state index contributed by atoms with van der Waals surface area (Å²) in [6.45, 7) is 5.99. The zero-order chi connectivity index (χ0) is 11.7. The molecule has 1 N–H and O–H groups in total. The molecule has 0 radical (unpaired) electrons. The number of hydrogen-bond donors (Lipinski definition) is 1. The average Bonchev–Trinajstić information content (AvgIpc) is 2.66. The van der Waals surface area contributed by atoms with Crippen LogP contribution in [-0.2, 0) is 9.53 Å². The minimum atomic E-state index is -0.277. The van der Waals surface area contributed by atoms with Gasteiger partial charge in [-0.15, -0.1) is 0 Å². The summed E-state index contributed by atoms with van der Waals surface area (Å²) in [6.07, 6.45) is 1.71. The van der Waals surface area contributed by atoms with Crippen LogP contribution in [0.3, 0.4) is 0 Å². The lowest BCUT2D eigenvalue weighted by atomic mass is 10.1. The number of carbonyl (C=O) groups excluding carboxylic acids is 1. The Kier molecular flexibility index (Phi) is 2.68. The molecule has 0 spiro atoms. The molecule has 1 aliphatic rings. The fourth-order valence-corrected chi connectivity index (χ4v) is 1.95. The topological polar surface area (TPSA) is 56.1 Å². The van der Waals surface area contributed by atoms with Crippen molar-refractivity contribution in [3.63, 3.8) is 0 Å². The molecule has 0 fully saturated rings. The van der Waals surface area contributed by atoms with Crippen LogP contribution < -0.4 is 5.32 Å². The van der Waals surface area contributed by atoms with E-state index < -0.39 is 0 Å². The molecule has 5 nitrogen and oxygen atoms in total. The van der Waals surface area contributed by atoms with E-state index in [1.165, 1.54) is 0 Å². The number of ether oxygens (including phenoxy) is 1. The molecular formula is C11H15N3O2. The molecule has 0 saturated heterocycles. The second-order valence-electron chi connectivity index (χ2n) is 3.72. The largest absolute Gasteiger partial charge is 0.463 e. The van der Waals surface area contributed by atoms with Crippen molar-refractivity contribution in [1.82, 2.24) is 9.78 Å². The van der Waals surface area contributed by atoms with E-state index in [-0.39, 0.29) is 12.0 Å². The van der Waals surface area contributed by atoms with E-state index in [9.17, 15) is 4.79 Å². The van der Waals surface area contributed by atoms with Crippen molar-refractivity contribution >= 4 is 11.8 Å². The molecular weight excluding hydrogens is 206 g/mol. The molecule has 1 atom stereocenters. The minimum Gasteiger partial charge on any atom is -0.463 e. The number of carbonyl (C=O) groups is 1. The first-order valence-electron chi connectivity index (χ1n) is 5.33. The van der Waals surface area contributed by atoms with Gasteiger partial charge >= 0.3 is 5.97 Å². The van der Waals surface area contributed by atoms with Crippen LogP contribution in [0, 0.1) is 0 Å². The van der Waals surface area contributed by atoms with E-state index in [2.05, 4.69) is 10.4 Å². The Hall–Kier alpha value is -1.78. The van der Waals surface area contributed by atoms with Gasteiger partial charge in [0.2, 0.25) is 0 Å². The molecule has 0 bridgehead atoms. The van der Waals surface area contributed by atoms with Gasteiger partial charge in [-0.25, -0.2) is 9.48 Å². The Morgan fingerprint density at radius 3 is 3.12 bits per heavy atom. The molecule has 0 aromatic carbocycles. The molecule has 1 unspecified atom stereocenters. The van der Waals surface area contributed by atoms with Crippen LogP contribution in [0.4, 0.5) is 5.82 Å². The summed E-state index contributed by atoms with van der Waals surface area (Å²) < 4.78 is 6.81. The number of allylic oxidation sites excluding steroid dienone is 1. The fourth-order valence-electron chi connectivity index (χ4n) is 1.95. The van der Waals surface area contributed by atoms with Crippen molar-refractivity contribution in [2.45, 2.75) is 26.8 Å².